The molecule has 4 heteroatoms. The van der Waals surface area contributed by atoms with E-state index in [4.69, 9.17) is 0 Å². The maximum absolute atomic E-state index is 11.3. The molecule has 0 aromatic rings. The third-order valence-corrected chi connectivity index (χ3v) is 13.5. The van der Waals surface area contributed by atoms with Crippen LogP contribution in [0.2, 0.25) is 0 Å². The molecule has 11 atom stereocenters. The Labute approximate surface area is 207 Å². The summed E-state index contributed by atoms with van der Waals surface area (Å²) in [5.41, 5.74) is 1.21. The van der Waals surface area contributed by atoms with Gasteiger partial charge in [0.25, 0.3) is 0 Å². The zero-order chi connectivity index (χ0) is 24.9. The van der Waals surface area contributed by atoms with E-state index in [1.807, 2.05) is 0 Å². The standard InChI is InChI=1S/C30H50O4/c1-25(17-31)15-20-19-7-8-22-27(3)11-10-23(33)28(4,18-32)21(27)9-12-30(22,6)29(19,5)14-13-26(20,2)24(34)16-25/h7,20-24,31-34H,8-18H2,1-6H3/t20-,21+,22-,23-,24-,25+,26-,27-,28-,29-,30-/m1/s1. The lowest BCUT2D eigenvalue weighted by atomic mass is 9.33. The van der Waals surface area contributed by atoms with Crippen molar-refractivity contribution in [2.24, 2.45) is 50.2 Å². The fourth-order valence-corrected chi connectivity index (χ4v) is 10.7. The van der Waals surface area contributed by atoms with Crippen molar-refractivity contribution in [2.75, 3.05) is 13.2 Å². The lowest BCUT2D eigenvalue weighted by Gasteiger charge is -2.71. The molecule has 0 heterocycles. The van der Waals surface area contributed by atoms with Gasteiger partial charge < -0.3 is 20.4 Å². The Bertz CT molecular complexity index is 870. The monoisotopic (exact) mass is 474 g/mol. The highest BCUT2D eigenvalue weighted by molar-refractivity contribution is 5.34. The molecule has 4 N–H and O–H groups in total. The minimum atomic E-state index is -0.416. The number of hydrogen-bond donors (Lipinski definition) is 4. The molecule has 5 aliphatic carbocycles. The molecule has 0 aliphatic heterocycles. The zero-order valence-corrected chi connectivity index (χ0v) is 22.5. The molecule has 34 heavy (non-hydrogen) atoms. The van der Waals surface area contributed by atoms with Gasteiger partial charge in [-0.2, -0.15) is 0 Å². The minimum absolute atomic E-state index is 0.0638. The topological polar surface area (TPSA) is 80.9 Å². The molecule has 0 unspecified atom stereocenters. The molecule has 0 saturated heterocycles. The summed E-state index contributed by atoms with van der Waals surface area (Å²) in [4.78, 5) is 0. The van der Waals surface area contributed by atoms with Gasteiger partial charge >= 0.3 is 0 Å². The molecule has 5 rings (SSSR count). The summed E-state index contributed by atoms with van der Waals surface area (Å²) < 4.78 is 0. The third-order valence-electron chi connectivity index (χ3n) is 13.5. The highest BCUT2D eigenvalue weighted by Crippen LogP contribution is 2.75. The molecule has 0 bridgehead atoms. The number of aliphatic hydroxyl groups is 4. The molecule has 0 radical (unpaired) electrons. The van der Waals surface area contributed by atoms with Crippen LogP contribution in [0.3, 0.4) is 0 Å². The first-order valence-corrected chi connectivity index (χ1v) is 14.0. The van der Waals surface area contributed by atoms with Gasteiger partial charge in [0.1, 0.15) is 0 Å². The Balaban J connectivity index is 1.58. The van der Waals surface area contributed by atoms with Gasteiger partial charge in [0.05, 0.1) is 18.8 Å². The lowest BCUT2D eigenvalue weighted by Crippen LogP contribution is -2.66. The summed E-state index contributed by atoms with van der Waals surface area (Å²) in [6, 6.07) is 0. The Kier molecular flexibility index (Phi) is 5.61. The lowest BCUT2D eigenvalue weighted by molar-refractivity contribution is -0.219. The first kappa shape index (κ1) is 25.2. The van der Waals surface area contributed by atoms with Gasteiger partial charge in [-0.05, 0) is 97.2 Å². The van der Waals surface area contributed by atoms with Crippen LogP contribution in [0.15, 0.2) is 11.6 Å². The fourth-order valence-electron chi connectivity index (χ4n) is 10.7. The van der Waals surface area contributed by atoms with Crippen molar-refractivity contribution in [2.45, 2.75) is 112 Å². The van der Waals surface area contributed by atoms with E-state index in [-0.39, 0.29) is 46.4 Å². The van der Waals surface area contributed by atoms with Gasteiger partial charge in [-0.25, -0.2) is 0 Å². The smallest absolute Gasteiger partial charge is 0.0618 e. The molecule has 4 saturated carbocycles. The van der Waals surface area contributed by atoms with E-state index in [1.165, 1.54) is 0 Å². The van der Waals surface area contributed by atoms with Crippen LogP contribution in [0.4, 0.5) is 0 Å². The summed E-state index contributed by atoms with van der Waals surface area (Å²) in [6.07, 6.45) is 10.7. The molecule has 4 fully saturated rings. The van der Waals surface area contributed by atoms with Crippen molar-refractivity contribution in [3.63, 3.8) is 0 Å². The van der Waals surface area contributed by atoms with Crippen LogP contribution < -0.4 is 0 Å². The number of aliphatic hydroxyl groups excluding tert-OH is 4. The zero-order valence-electron chi connectivity index (χ0n) is 22.5. The van der Waals surface area contributed by atoms with Crippen LogP contribution >= 0.6 is 0 Å². The summed E-state index contributed by atoms with van der Waals surface area (Å²) in [6.45, 7) is 14.3. The molecule has 0 spiro atoms. The van der Waals surface area contributed by atoms with Crippen LogP contribution in [0.5, 0.6) is 0 Å². The molecule has 4 nitrogen and oxygen atoms in total. The maximum atomic E-state index is 11.3. The summed E-state index contributed by atoms with van der Waals surface area (Å²) in [7, 11) is 0. The van der Waals surface area contributed by atoms with E-state index in [0.29, 0.717) is 24.2 Å². The van der Waals surface area contributed by atoms with Gasteiger partial charge in [0, 0.05) is 17.4 Å². The average Bonchev–Trinajstić information content (AvgIpc) is 2.79. The van der Waals surface area contributed by atoms with Gasteiger partial charge in [0.2, 0.25) is 0 Å². The van der Waals surface area contributed by atoms with Crippen LogP contribution in [0, 0.1) is 50.2 Å². The Morgan fingerprint density at radius 2 is 1.47 bits per heavy atom. The van der Waals surface area contributed by atoms with Crippen molar-refractivity contribution in [1.29, 1.82) is 0 Å². The third kappa shape index (κ3) is 2.92. The van der Waals surface area contributed by atoms with Crippen molar-refractivity contribution in [3.8, 4) is 0 Å². The first-order valence-electron chi connectivity index (χ1n) is 14.0. The van der Waals surface area contributed by atoms with Gasteiger partial charge in [0.15, 0.2) is 0 Å². The Morgan fingerprint density at radius 1 is 0.765 bits per heavy atom. The van der Waals surface area contributed by atoms with Crippen molar-refractivity contribution < 1.29 is 20.4 Å². The van der Waals surface area contributed by atoms with E-state index >= 15 is 0 Å². The second-order valence-corrected chi connectivity index (χ2v) is 15.0. The second-order valence-electron chi connectivity index (χ2n) is 15.0. The number of hydrogen-bond acceptors (Lipinski definition) is 4. The first-order chi connectivity index (χ1) is 15.7. The predicted molar refractivity (Wildman–Crippen MR) is 135 cm³/mol. The van der Waals surface area contributed by atoms with Gasteiger partial charge in [-0.15, -0.1) is 0 Å². The summed E-state index contributed by atoms with van der Waals surface area (Å²) in [5, 5.41) is 42.9. The molecule has 0 amide bonds. The highest BCUT2D eigenvalue weighted by atomic mass is 16.3. The van der Waals surface area contributed by atoms with Gasteiger partial charge in [-0.1, -0.05) is 53.2 Å². The predicted octanol–water partition coefficient (Wildman–Crippen LogP) is 5.08. The number of fused-ring (bicyclic) bond motifs is 7. The summed E-state index contributed by atoms with van der Waals surface area (Å²) >= 11 is 0. The van der Waals surface area contributed by atoms with Crippen molar-refractivity contribution in [1.82, 2.24) is 0 Å². The molecular formula is C30H50O4. The van der Waals surface area contributed by atoms with E-state index in [0.717, 1.165) is 51.4 Å². The Hall–Kier alpha value is -0.420. The van der Waals surface area contributed by atoms with Crippen LogP contribution in [-0.4, -0.2) is 45.8 Å². The second kappa shape index (κ2) is 7.55. The van der Waals surface area contributed by atoms with Crippen LogP contribution in [-0.2, 0) is 0 Å². The van der Waals surface area contributed by atoms with Crippen LogP contribution in [0.1, 0.15) is 99.3 Å². The van der Waals surface area contributed by atoms with Crippen molar-refractivity contribution in [3.05, 3.63) is 11.6 Å². The molecule has 194 valence electrons. The summed E-state index contributed by atoms with van der Waals surface area (Å²) in [5.74, 6) is 1.20. The fraction of sp³-hybridized carbons (Fsp3) is 0.933. The molecule has 5 aliphatic rings. The Morgan fingerprint density at radius 3 is 2.12 bits per heavy atom. The van der Waals surface area contributed by atoms with E-state index < -0.39 is 11.5 Å². The minimum Gasteiger partial charge on any atom is -0.396 e. The van der Waals surface area contributed by atoms with Gasteiger partial charge in [-0.3, -0.25) is 0 Å². The van der Waals surface area contributed by atoms with Crippen LogP contribution in [0.25, 0.3) is 0 Å². The molecule has 0 aromatic heterocycles. The highest BCUT2D eigenvalue weighted by Gasteiger charge is 2.69. The number of rotatable bonds is 2. The molecule has 0 aromatic carbocycles. The van der Waals surface area contributed by atoms with E-state index in [9.17, 15) is 20.4 Å². The number of allylic oxidation sites excluding steroid dienone is 2. The van der Waals surface area contributed by atoms with E-state index in [1.54, 1.807) is 5.57 Å². The normalized spacial score (nSPS) is 59.2. The SMILES string of the molecule is C[C@@]1(CO)C[C@@H](O)[C@]2(C)CC[C@]3(C)C(=CC[C@@H]4[C@]5(C)CC[C@@H](O)[C@](C)(CO)[C@H]5CC[C@]43C)[C@H]2C1. The quantitative estimate of drug-likeness (QED) is 0.421. The van der Waals surface area contributed by atoms with E-state index in [2.05, 4.69) is 47.6 Å². The average molecular weight is 475 g/mol. The van der Waals surface area contributed by atoms with Crippen molar-refractivity contribution >= 4 is 0 Å². The molecular weight excluding hydrogens is 424 g/mol. The largest absolute Gasteiger partial charge is 0.396 e. The maximum Gasteiger partial charge on any atom is 0.0618 e.